The number of hydrazone groups is 1. The Hall–Kier alpha value is -2.44. The first-order valence-corrected chi connectivity index (χ1v) is 8.49. The van der Waals surface area contributed by atoms with Crippen molar-refractivity contribution in [3.8, 4) is 0 Å². The van der Waals surface area contributed by atoms with E-state index in [2.05, 4.69) is 16.1 Å². The number of halogens is 1. The highest BCUT2D eigenvalue weighted by molar-refractivity contribution is 6.31. The number of rotatable bonds is 5. The SMILES string of the molecule is O=[N+]([O-])c1cccc(/C=N\N2CCN(Cc3ccccc3Cl)CC2)c1. The van der Waals surface area contributed by atoms with Crippen LogP contribution >= 0.6 is 11.6 Å². The molecular formula is C18H19ClN4O2. The topological polar surface area (TPSA) is 62.0 Å². The second kappa shape index (κ2) is 8.09. The van der Waals surface area contributed by atoms with Gasteiger partial charge < -0.3 is 0 Å². The molecule has 3 rings (SSSR count). The number of hydrogen-bond acceptors (Lipinski definition) is 5. The van der Waals surface area contributed by atoms with Gasteiger partial charge in [-0.05, 0) is 11.6 Å². The molecule has 1 aliphatic rings. The van der Waals surface area contributed by atoms with E-state index in [4.69, 9.17) is 11.6 Å². The summed E-state index contributed by atoms with van der Waals surface area (Å²) in [4.78, 5) is 12.8. The largest absolute Gasteiger partial charge is 0.295 e. The number of non-ortho nitro benzene ring substituents is 1. The van der Waals surface area contributed by atoms with Crippen LogP contribution in [0.15, 0.2) is 53.6 Å². The minimum atomic E-state index is -0.398. The molecule has 1 aliphatic heterocycles. The zero-order valence-electron chi connectivity index (χ0n) is 13.7. The van der Waals surface area contributed by atoms with Gasteiger partial charge in [0.05, 0.1) is 11.1 Å². The van der Waals surface area contributed by atoms with E-state index >= 15 is 0 Å². The van der Waals surface area contributed by atoms with E-state index in [9.17, 15) is 10.1 Å². The van der Waals surface area contributed by atoms with Crippen LogP contribution in [0.4, 0.5) is 5.69 Å². The van der Waals surface area contributed by atoms with E-state index in [0.29, 0.717) is 0 Å². The van der Waals surface area contributed by atoms with Crippen LogP contribution < -0.4 is 0 Å². The molecule has 0 aromatic heterocycles. The lowest BCUT2D eigenvalue weighted by Gasteiger charge is -2.33. The van der Waals surface area contributed by atoms with Gasteiger partial charge in [-0.3, -0.25) is 20.0 Å². The highest BCUT2D eigenvalue weighted by Crippen LogP contribution is 2.18. The first kappa shape index (κ1) is 17.4. The summed E-state index contributed by atoms with van der Waals surface area (Å²) in [5.41, 5.74) is 1.94. The third-order valence-corrected chi connectivity index (χ3v) is 4.52. The molecule has 0 saturated carbocycles. The maximum atomic E-state index is 10.8. The molecule has 0 aliphatic carbocycles. The molecule has 0 unspecified atom stereocenters. The standard InChI is InChI=1S/C18H19ClN4O2/c19-18-7-2-1-5-16(18)14-21-8-10-22(11-9-21)20-13-15-4-3-6-17(12-15)23(24)25/h1-7,12-13H,8-11,14H2/b20-13-. The fraction of sp³-hybridized carbons (Fsp3) is 0.278. The first-order valence-electron chi connectivity index (χ1n) is 8.11. The van der Waals surface area contributed by atoms with Crippen LogP contribution in [0, 0.1) is 10.1 Å². The van der Waals surface area contributed by atoms with Crippen LogP contribution in [0.5, 0.6) is 0 Å². The predicted molar refractivity (Wildman–Crippen MR) is 99.0 cm³/mol. The van der Waals surface area contributed by atoms with E-state index in [1.165, 1.54) is 12.1 Å². The average molecular weight is 359 g/mol. The van der Waals surface area contributed by atoms with E-state index < -0.39 is 4.92 Å². The molecule has 1 heterocycles. The molecule has 25 heavy (non-hydrogen) atoms. The molecule has 6 nitrogen and oxygen atoms in total. The van der Waals surface area contributed by atoms with E-state index in [1.807, 2.05) is 29.3 Å². The zero-order valence-corrected chi connectivity index (χ0v) is 14.5. The first-order chi connectivity index (χ1) is 12.1. The second-order valence-corrected chi connectivity index (χ2v) is 6.33. The molecule has 0 N–H and O–H groups in total. The molecule has 0 bridgehead atoms. The summed E-state index contributed by atoms with van der Waals surface area (Å²) in [7, 11) is 0. The van der Waals surface area contributed by atoms with Crippen molar-refractivity contribution >= 4 is 23.5 Å². The van der Waals surface area contributed by atoms with Crippen molar-refractivity contribution in [3.05, 3.63) is 74.8 Å². The Morgan fingerprint density at radius 3 is 2.60 bits per heavy atom. The molecule has 0 atom stereocenters. The number of piperazine rings is 1. The molecule has 7 heteroatoms. The molecule has 130 valence electrons. The van der Waals surface area contributed by atoms with Gasteiger partial charge in [0.15, 0.2) is 0 Å². The fourth-order valence-corrected chi connectivity index (χ4v) is 2.94. The maximum Gasteiger partial charge on any atom is 0.270 e. The minimum Gasteiger partial charge on any atom is -0.295 e. The molecule has 1 saturated heterocycles. The van der Waals surface area contributed by atoms with Crippen molar-refractivity contribution in [2.24, 2.45) is 5.10 Å². The lowest BCUT2D eigenvalue weighted by molar-refractivity contribution is -0.384. The summed E-state index contributed by atoms with van der Waals surface area (Å²) in [5.74, 6) is 0. The van der Waals surface area contributed by atoms with Gasteiger partial charge in [-0.15, -0.1) is 0 Å². The van der Waals surface area contributed by atoms with Gasteiger partial charge in [0, 0.05) is 55.4 Å². The average Bonchev–Trinajstić information content (AvgIpc) is 2.63. The smallest absolute Gasteiger partial charge is 0.270 e. The highest BCUT2D eigenvalue weighted by atomic mass is 35.5. The van der Waals surface area contributed by atoms with Gasteiger partial charge in [-0.1, -0.05) is 41.9 Å². The van der Waals surface area contributed by atoms with Crippen LogP contribution in [0.1, 0.15) is 11.1 Å². The van der Waals surface area contributed by atoms with Gasteiger partial charge in [-0.2, -0.15) is 5.10 Å². The number of hydrogen-bond donors (Lipinski definition) is 0. The van der Waals surface area contributed by atoms with Crippen LogP contribution in [0.25, 0.3) is 0 Å². The molecule has 0 amide bonds. The lowest BCUT2D eigenvalue weighted by Crippen LogP contribution is -2.43. The Bertz CT molecular complexity index is 773. The summed E-state index contributed by atoms with van der Waals surface area (Å²) in [6.45, 7) is 4.27. The fourth-order valence-electron chi connectivity index (χ4n) is 2.75. The van der Waals surface area contributed by atoms with Crippen molar-refractivity contribution in [1.29, 1.82) is 0 Å². The van der Waals surface area contributed by atoms with Gasteiger partial charge in [-0.25, -0.2) is 0 Å². The molecule has 0 spiro atoms. The Morgan fingerprint density at radius 2 is 1.88 bits per heavy atom. The predicted octanol–water partition coefficient (Wildman–Crippen LogP) is 3.40. The van der Waals surface area contributed by atoms with Gasteiger partial charge in [0.2, 0.25) is 0 Å². The quantitative estimate of drug-likeness (QED) is 0.467. The summed E-state index contributed by atoms with van der Waals surface area (Å²) in [5, 5.41) is 18.0. The van der Waals surface area contributed by atoms with Crippen molar-refractivity contribution in [2.45, 2.75) is 6.54 Å². The number of nitro benzene ring substituents is 1. The second-order valence-electron chi connectivity index (χ2n) is 5.92. The van der Waals surface area contributed by atoms with E-state index in [-0.39, 0.29) is 5.69 Å². The van der Waals surface area contributed by atoms with Crippen molar-refractivity contribution in [2.75, 3.05) is 26.2 Å². The summed E-state index contributed by atoms with van der Waals surface area (Å²) in [6.07, 6.45) is 1.68. The van der Waals surface area contributed by atoms with Gasteiger partial charge in [0.1, 0.15) is 0 Å². The summed E-state index contributed by atoms with van der Waals surface area (Å²) in [6, 6.07) is 14.4. The number of nitrogens with zero attached hydrogens (tertiary/aromatic N) is 4. The molecule has 0 radical (unpaired) electrons. The van der Waals surface area contributed by atoms with E-state index in [0.717, 1.165) is 48.9 Å². The minimum absolute atomic E-state index is 0.0773. The third-order valence-electron chi connectivity index (χ3n) is 4.15. The van der Waals surface area contributed by atoms with E-state index in [1.54, 1.807) is 12.3 Å². The van der Waals surface area contributed by atoms with Crippen LogP contribution in [-0.2, 0) is 6.54 Å². The van der Waals surface area contributed by atoms with Crippen LogP contribution in [0.3, 0.4) is 0 Å². The molecule has 1 fully saturated rings. The monoisotopic (exact) mass is 358 g/mol. The Kier molecular flexibility index (Phi) is 5.63. The molecule has 2 aromatic rings. The molecular weight excluding hydrogens is 340 g/mol. The maximum absolute atomic E-state index is 10.8. The molecule has 2 aromatic carbocycles. The summed E-state index contributed by atoms with van der Waals surface area (Å²) < 4.78 is 0. The Labute approximate surface area is 151 Å². The lowest BCUT2D eigenvalue weighted by atomic mass is 10.2. The number of nitro groups is 1. The van der Waals surface area contributed by atoms with Crippen LogP contribution in [-0.4, -0.2) is 47.2 Å². The number of benzene rings is 2. The highest BCUT2D eigenvalue weighted by Gasteiger charge is 2.16. The van der Waals surface area contributed by atoms with Crippen molar-refractivity contribution < 1.29 is 4.92 Å². The van der Waals surface area contributed by atoms with Crippen molar-refractivity contribution in [3.63, 3.8) is 0 Å². The van der Waals surface area contributed by atoms with Gasteiger partial charge in [0.25, 0.3) is 5.69 Å². The Morgan fingerprint density at radius 1 is 1.12 bits per heavy atom. The normalized spacial score (nSPS) is 15.6. The summed E-state index contributed by atoms with van der Waals surface area (Å²) >= 11 is 6.22. The zero-order chi connectivity index (χ0) is 17.6. The van der Waals surface area contributed by atoms with Crippen molar-refractivity contribution in [1.82, 2.24) is 9.91 Å². The third kappa shape index (κ3) is 4.78. The Balaban J connectivity index is 1.53. The van der Waals surface area contributed by atoms with Crippen LogP contribution in [0.2, 0.25) is 5.02 Å². The van der Waals surface area contributed by atoms with Gasteiger partial charge >= 0.3 is 0 Å².